The molecule has 108 valence electrons. The number of carbonyl (C=O) groups is 1. The van der Waals surface area contributed by atoms with Crippen LogP contribution in [0.15, 0.2) is 6.33 Å². The van der Waals surface area contributed by atoms with E-state index < -0.39 is 11.0 Å². The maximum absolute atomic E-state index is 11.1. The zero-order valence-electron chi connectivity index (χ0n) is 10.6. The lowest BCUT2D eigenvalue weighted by molar-refractivity contribution is -0.384. The highest BCUT2D eigenvalue weighted by Gasteiger charge is 2.31. The molecule has 0 aliphatic carbocycles. The summed E-state index contributed by atoms with van der Waals surface area (Å²) in [5.74, 6) is 0.157. The number of hydrogen-bond acceptors (Lipinski definition) is 7. The van der Waals surface area contributed by atoms with Gasteiger partial charge in [-0.15, -0.1) is 0 Å². The van der Waals surface area contributed by atoms with Crippen molar-refractivity contribution in [2.24, 2.45) is 0 Å². The topological polar surface area (TPSA) is 110 Å². The van der Waals surface area contributed by atoms with E-state index in [0.29, 0.717) is 19.5 Å². The van der Waals surface area contributed by atoms with Crippen LogP contribution in [0, 0.1) is 10.1 Å². The number of alkyl carbamates (subject to hydrolysis) is 1. The Morgan fingerprint density at radius 3 is 3.05 bits per heavy atom. The Morgan fingerprint density at radius 2 is 2.40 bits per heavy atom. The average molecular weight is 302 g/mol. The second-order valence-electron chi connectivity index (χ2n) is 4.16. The van der Waals surface area contributed by atoms with Crippen LogP contribution in [0.25, 0.3) is 0 Å². The number of nitrogens with zero attached hydrogens (tertiary/aromatic N) is 4. The van der Waals surface area contributed by atoms with E-state index in [4.69, 9.17) is 11.6 Å². The van der Waals surface area contributed by atoms with Gasteiger partial charge in [0, 0.05) is 13.1 Å². The van der Waals surface area contributed by atoms with Gasteiger partial charge in [-0.25, -0.2) is 14.8 Å². The summed E-state index contributed by atoms with van der Waals surface area (Å²) in [4.78, 5) is 30.8. The lowest BCUT2D eigenvalue weighted by Crippen LogP contribution is -2.37. The van der Waals surface area contributed by atoms with Gasteiger partial charge in [-0.05, 0) is 6.42 Å². The molecule has 0 aromatic carbocycles. The minimum atomic E-state index is -0.612. The summed E-state index contributed by atoms with van der Waals surface area (Å²) in [6.07, 6.45) is 1.27. The van der Waals surface area contributed by atoms with Gasteiger partial charge in [-0.1, -0.05) is 11.6 Å². The molecule has 1 aromatic rings. The van der Waals surface area contributed by atoms with Crippen molar-refractivity contribution in [3.05, 3.63) is 21.6 Å². The Bertz CT molecular complexity index is 540. The van der Waals surface area contributed by atoms with E-state index >= 15 is 0 Å². The van der Waals surface area contributed by atoms with Crippen LogP contribution in [0.3, 0.4) is 0 Å². The first-order valence-corrected chi connectivity index (χ1v) is 6.15. The van der Waals surface area contributed by atoms with E-state index in [9.17, 15) is 14.9 Å². The van der Waals surface area contributed by atoms with Crippen molar-refractivity contribution in [2.75, 3.05) is 25.1 Å². The number of rotatable bonds is 3. The van der Waals surface area contributed by atoms with Crippen LogP contribution >= 0.6 is 11.6 Å². The molecule has 0 saturated carbocycles. The third-order valence-corrected chi connectivity index (χ3v) is 3.21. The summed E-state index contributed by atoms with van der Waals surface area (Å²) in [5, 5.41) is 13.5. The second-order valence-corrected chi connectivity index (χ2v) is 4.52. The normalized spacial score (nSPS) is 17.9. The average Bonchev–Trinajstić information content (AvgIpc) is 2.86. The lowest BCUT2D eigenvalue weighted by Gasteiger charge is -2.17. The minimum Gasteiger partial charge on any atom is -0.453 e. The molecule has 10 heteroatoms. The molecular formula is C10H12ClN5O4. The monoisotopic (exact) mass is 301 g/mol. The molecule has 9 nitrogen and oxygen atoms in total. The molecule has 1 N–H and O–H groups in total. The molecule has 1 amide bonds. The summed E-state index contributed by atoms with van der Waals surface area (Å²) in [5.41, 5.74) is -0.326. The fourth-order valence-corrected chi connectivity index (χ4v) is 2.23. The number of anilines is 1. The molecule has 1 saturated heterocycles. The molecular weight excluding hydrogens is 290 g/mol. The van der Waals surface area contributed by atoms with Crippen LogP contribution in [0.5, 0.6) is 0 Å². The molecule has 2 rings (SSSR count). The van der Waals surface area contributed by atoms with E-state index in [1.54, 1.807) is 4.90 Å². The largest absolute Gasteiger partial charge is 0.453 e. The molecule has 1 aromatic heterocycles. The Labute approximate surface area is 119 Å². The Hall–Kier alpha value is -2.16. The van der Waals surface area contributed by atoms with Crippen LogP contribution in [-0.4, -0.2) is 47.2 Å². The van der Waals surface area contributed by atoms with Crippen molar-refractivity contribution < 1.29 is 14.5 Å². The fourth-order valence-electron chi connectivity index (χ4n) is 2.03. The zero-order valence-corrected chi connectivity index (χ0v) is 11.3. The Balaban J connectivity index is 2.16. The molecule has 1 atom stereocenters. The molecule has 1 aliphatic heterocycles. The van der Waals surface area contributed by atoms with Gasteiger partial charge in [-0.2, -0.15) is 0 Å². The van der Waals surface area contributed by atoms with Crippen molar-refractivity contribution in [3.63, 3.8) is 0 Å². The molecule has 1 fully saturated rings. The Kier molecular flexibility index (Phi) is 4.18. The highest BCUT2D eigenvalue weighted by Crippen LogP contribution is 2.32. The third-order valence-electron chi connectivity index (χ3n) is 2.94. The number of nitro groups is 1. The predicted molar refractivity (Wildman–Crippen MR) is 69.9 cm³/mol. The molecule has 0 radical (unpaired) electrons. The van der Waals surface area contributed by atoms with E-state index in [-0.39, 0.29) is 22.7 Å². The standard InChI is InChI=1S/C10H12ClN5O4/c1-20-10(17)14-6-2-3-15(4-6)9-7(16(18)19)8(11)12-5-13-9/h5-6H,2-4H2,1H3,(H,14,17). The van der Waals surface area contributed by atoms with Gasteiger partial charge >= 0.3 is 11.8 Å². The van der Waals surface area contributed by atoms with E-state index in [0.717, 1.165) is 0 Å². The maximum Gasteiger partial charge on any atom is 0.407 e. The number of halogens is 1. The number of aromatic nitrogens is 2. The first kappa shape index (κ1) is 14.3. The van der Waals surface area contributed by atoms with Gasteiger partial charge in [0.1, 0.15) is 6.33 Å². The summed E-state index contributed by atoms with van der Waals surface area (Å²) in [6, 6.07) is -0.157. The van der Waals surface area contributed by atoms with Gasteiger partial charge in [0.25, 0.3) is 0 Å². The molecule has 1 aliphatic rings. The van der Waals surface area contributed by atoms with Crippen LogP contribution in [0.2, 0.25) is 5.15 Å². The highest BCUT2D eigenvalue weighted by molar-refractivity contribution is 6.31. The van der Waals surface area contributed by atoms with Crippen LogP contribution in [0.4, 0.5) is 16.3 Å². The number of nitrogens with one attached hydrogen (secondary N) is 1. The number of methoxy groups -OCH3 is 1. The van der Waals surface area contributed by atoms with Crippen molar-refractivity contribution in [1.29, 1.82) is 0 Å². The van der Waals surface area contributed by atoms with E-state index in [1.807, 2.05) is 0 Å². The third kappa shape index (κ3) is 2.87. The highest BCUT2D eigenvalue weighted by atomic mass is 35.5. The first-order chi connectivity index (χ1) is 9.52. The van der Waals surface area contributed by atoms with Crippen molar-refractivity contribution in [2.45, 2.75) is 12.5 Å². The summed E-state index contributed by atoms with van der Waals surface area (Å²) in [6.45, 7) is 0.909. The lowest BCUT2D eigenvalue weighted by atomic mass is 10.3. The van der Waals surface area contributed by atoms with Crippen molar-refractivity contribution in [3.8, 4) is 0 Å². The number of carbonyl (C=O) groups excluding carboxylic acids is 1. The molecule has 0 bridgehead atoms. The number of amides is 1. The first-order valence-electron chi connectivity index (χ1n) is 5.77. The van der Waals surface area contributed by atoms with E-state index in [1.165, 1.54) is 13.4 Å². The fraction of sp³-hybridized carbons (Fsp3) is 0.500. The number of ether oxygens (including phenoxy) is 1. The van der Waals surface area contributed by atoms with E-state index in [2.05, 4.69) is 20.0 Å². The summed E-state index contributed by atoms with van der Waals surface area (Å²) >= 11 is 5.74. The summed E-state index contributed by atoms with van der Waals surface area (Å²) in [7, 11) is 1.27. The second kappa shape index (κ2) is 5.87. The van der Waals surface area contributed by atoms with Crippen LogP contribution in [-0.2, 0) is 4.74 Å². The van der Waals surface area contributed by atoms with Crippen molar-refractivity contribution >= 4 is 29.2 Å². The van der Waals surface area contributed by atoms with Gasteiger partial charge < -0.3 is 15.0 Å². The number of hydrogen-bond donors (Lipinski definition) is 1. The van der Waals surface area contributed by atoms with Crippen LogP contribution < -0.4 is 10.2 Å². The predicted octanol–water partition coefficient (Wildman–Crippen LogP) is 0.973. The van der Waals surface area contributed by atoms with Gasteiger partial charge in [0.2, 0.25) is 11.0 Å². The van der Waals surface area contributed by atoms with Gasteiger partial charge in [0.15, 0.2) is 0 Å². The molecule has 2 heterocycles. The Morgan fingerprint density at radius 1 is 1.65 bits per heavy atom. The minimum absolute atomic E-state index is 0.157. The van der Waals surface area contributed by atoms with Crippen molar-refractivity contribution in [1.82, 2.24) is 15.3 Å². The molecule has 20 heavy (non-hydrogen) atoms. The van der Waals surface area contributed by atoms with Gasteiger partial charge in [-0.3, -0.25) is 10.1 Å². The SMILES string of the molecule is COC(=O)NC1CCN(c2ncnc(Cl)c2[N+](=O)[O-])C1. The summed E-state index contributed by atoms with van der Waals surface area (Å²) < 4.78 is 4.51. The molecule has 1 unspecified atom stereocenters. The smallest absolute Gasteiger partial charge is 0.407 e. The maximum atomic E-state index is 11.1. The zero-order chi connectivity index (χ0) is 14.7. The van der Waals surface area contributed by atoms with Gasteiger partial charge in [0.05, 0.1) is 18.1 Å². The quantitative estimate of drug-likeness (QED) is 0.503. The molecule has 0 spiro atoms. The van der Waals surface area contributed by atoms with Crippen LogP contribution in [0.1, 0.15) is 6.42 Å².